The highest BCUT2D eigenvalue weighted by Gasteiger charge is 2.29. The number of imidazole rings is 1. The molecular formula is C42H48N4O. The first-order chi connectivity index (χ1) is 22.0. The van der Waals surface area contributed by atoms with Crippen molar-refractivity contribution in [3.8, 4) is 33.6 Å². The topological polar surface area (TPSA) is 63.8 Å². The molecule has 0 spiro atoms. The van der Waals surface area contributed by atoms with Gasteiger partial charge < -0.3 is 9.67 Å². The molecule has 0 radical (unpaired) electrons. The molecule has 1 aliphatic rings. The number of aliphatic hydroxyl groups is 1. The van der Waals surface area contributed by atoms with Crippen LogP contribution in [0.2, 0.25) is 0 Å². The number of nitrogens with zero attached hydrogens (tertiary/aromatic N) is 4. The molecule has 0 unspecified atom stereocenters. The number of allylic oxidation sites excluding steroid dienone is 3. The third kappa shape index (κ3) is 6.28. The summed E-state index contributed by atoms with van der Waals surface area (Å²) in [4.78, 5) is 14.9. The molecule has 47 heavy (non-hydrogen) atoms. The molecule has 3 heterocycles. The maximum atomic E-state index is 11.5. The van der Waals surface area contributed by atoms with Crippen molar-refractivity contribution in [3.63, 3.8) is 0 Å². The van der Waals surface area contributed by atoms with Crippen molar-refractivity contribution >= 4 is 16.6 Å². The van der Waals surface area contributed by atoms with Gasteiger partial charge in [-0.15, -0.1) is 0 Å². The van der Waals surface area contributed by atoms with Gasteiger partial charge in [-0.3, -0.25) is 9.97 Å². The Kier molecular flexibility index (Phi) is 8.02. The molecule has 6 rings (SSSR count). The maximum Gasteiger partial charge on any atom is 0.144 e. The van der Waals surface area contributed by atoms with Crippen LogP contribution >= 0.6 is 0 Å². The van der Waals surface area contributed by atoms with Gasteiger partial charge in [-0.1, -0.05) is 92.7 Å². The lowest BCUT2D eigenvalue weighted by Gasteiger charge is -2.27. The number of fused-ring (bicyclic) bond motifs is 1. The number of pyridine rings is 2. The number of aromatic nitrogens is 4. The Morgan fingerprint density at radius 2 is 1.32 bits per heavy atom. The van der Waals surface area contributed by atoms with E-state index in [0.717, 1.165) is 68.9 Å². The van der Waals surface area contributed by atoms with Crippen molar-refractivity contribution in [2.75, 3.05) is 0 Å². The number of hydrogen-bond donors (Lipinski definition) is 1. The smallest absolute Gasteiger partial charge is 0.144 e. The van der Waals surface area contributed by atoms with E-state index >= 15 is 0 Å². The van der Waals surface area contributed by atoms with Crippen molar-refractivity contribution in [1.82, 2.24) is 19.5 Å². The number of hydrogen-bond acceptors (Lipinski definition) is 4. The fraction of sp³-hybridized carbons (Fsp3) is 0.357. The predicted octanol–water partition coefficient (Wildman–Crippen LogP) is 11.0. The lowest BCUT2D eigenvalue weighted by molar-refractivity contribution is 0.381. The van der Waals surface area contributed by atoms with Crippen molar-refractivity contribution in [2.24, 2.45) is 12.5 Å². The van der Waals surface area contributed by atoms with Gasteiger partial charge in [0, 0.05) is 30.6 Å². The zero-order valence-corrected chi connectivity index (χ0v) is 29.7. The summed E-state index contributed by atoms with van der Waals surface area (Å²) >= 11 is 0. The summed E-state index contributed by atoms with van der Waals surface area (Å²) < 4.78 is 2.08. The summed E-state index contributed by atoms with van der Waals surface area (Å²) in [5, 5.41) is 11.5. The van der Waals surface area contributed by atoms with Gasteiger partial charge in [0.1, 0.15) is 17.1 Å². The summed E-state index contributed by atoms with van der Waals surface area (Å²) in [6, 6.07) is 21.7. The Bertz CT molecular complexity index is 2010. The molecule has 2 aromatic carbocycles. The Hall–Kier alpha value is -4.51. The van der Waals surface area contributed by atoms with Gasteiger partial charge in [-0.25, -0.2) is 4.98 Å². The van der Waals surface area contributed by atoms with E-state index in [1.54, 1.807) is 0 Å². The first-order valence-electron chi connectivity index (χ1n) is 16.7. The fourth-order valence-corrected chi connectivity index (χ4v) is 6.51. The van der Waals surface area contributed by atoms with Crippen molar-refractivity contribution < 1.29 is 5.11 Å². The summed E-state index contributed by atoms with van der Waals surface area (Å²) in [7, 11) is 2.02. The Morgan fingerprint density at radius 3 is 1.94 bits per heavy atom. The molecule has 0 fully saturated rings. The molecule has 0 saturated heterocycles. The van der Waals surface area contributed by atoms with Gasteiger partial charge in [0.15, 0.2) is 0 Å². The van der Waals surface area contributed by atoms with E-state index in [1.165, 1.54) is 16.7 Å². The van der Waals surface area contributed by atoms with E-state index < -0.39 is 0 Å². The number of rotatable bonds is 4. The largest absolute Gasteiger partial charge is 0.507 e. The summed E-state index contributed by atoms with van der Waals surface area (Å²) in [5.74, 6) is 1.10. The SMILES string of the molecule is Cn1c(C2=CCCC(C(C)(C)C)=C2O)nc2c(-c3cc(-c4cc(C(C)(C)C)cc(C(C)(C)C)c4)cc(-c4ccccn4)c3)nccc21. The van der Waals surface area contributed by atoms with Gasteiger partial charge >= 0.3 is 0 Å². The summed E-state index contributed by atoms with van der Waals surface area (Å²) in [6.07, 6.45) is 7.55. The Balaban J connectivity index is 1.59. The highest BCUT2D eigenvalue weighted by molar-refractivity contribution is 5.94. The molecule has 5 aromatic rings. The van der Waals surface area contributed by atoms with Crippen LogP contribution < -0.4 is 0 Å². The molecule has 5 heteroatoms. The van der Waals surface area contributed by atoms with E-state index in [0.29, 0.717) is 5.76 Å². The lowest BCUT2D eigenvalue weighted by Crippen LogP contribution is -2.16. The van der Waals surface area contributed by atoms with E-state index in [-0.39, 0.29) is 16.2 Å². The fourth-order valence-electron chi connectivity index (χ4n) is 6.51. The van der Waals surface area contributed by atoms with Crippen LogP contribution in [-0.4, -0.2) is 24.6 Å². The van der Waals surface area contributed by atoms with Crippen LogP contribution in [0.3, 0.4) is 0 Å². The number of aryl methyl sites for hydroxylation is 1. The minimum atomic E-state index is -0.125. The highest BCUT2D eigenvalue weighted by Crippen LogP contribution is 2.42. The second-order valence-corrected chi connectivity index (χ2v) is 16.1. The second-order valence-electron chi connectivity index (χ2n) is 16.1. The van der Waals surface area contributed by atoms with Gasteiger partial charge in [-0.05, 0) is 93.3 Å². The lowest BCUT2D eigenvalue weighted by atomic mass is 9.78. The molecule has 0 bridgehead atoms. The first kappa shape index (κ1) is 32.4. The molecule has 242 valence electrons. The van der Waals surface area contributed by atoms with Crippen LogP contribution in [0.25, 0.3) is 50.2 Å². The zero-order chi connectivity index (χ0) is 33.9. The maximum absolute atomic E-state index is 11.5. The van der Waals surface area contributed by atoms with E-state index in [9.17, 15) is 5.11 Å². The standard InChI is InChI=1S/C42H48N4O/c1-40(2,3)30-23-27(24-31(25-30)41(4,5)6)26-20-28(34-16-11-12-18-43-34)22-29(21-26)36-37-35(17-19-44-36)46(10)39(45-37)32-14-13-15-33(38(32)47)42(7,8)9/h11-12,14,16-25,47H,13,15H2,1-10H3. The molecule has 0 aliphatic heterocycles. The van der Waals surface area contributed by atoms with Gasteiger partial charge in [-0.2, -0.15) is 0 Å². The predicted molar refractivity (Wildman–Crippen MR) is 196 cm³/mol. The second kappa shape index (κ2) is 11.6. The third-order valence-electron chi connectivity index (χ3n) is 9.40. The Morgan fingerprint density at radius 1 is 0.681 bits per heavy atom. The quantitative estimate of drug-likeness (QED) is 0.216. The average molecular weight is 625 g/mol. The van der Waals surface area contributed by atoms with Gasteiger partial charge in [0.25, 0.3) is 0 Å². The molecule has 5 nitrogen and oxygen atoms in total. The van der Waals surface area contributed by atoms with E-state index in [2.05, 4.69) is 115 Å². The van der Waals surface area contributed by atoms with Crippen LogP contribution in [-0.2, 0) is 17.9 Å². The van der Waals surface area contributed by atoms with Crippen molar-refractivity contribution in [2.45, 2.75) is 86.0 Å². The van der Waals surface area contributed by atoms with Gasteiger partial charge in [0.05, 0.1) is 22.5 Å². The van der Waals surface area contributed by atoms with Crippen molar-refractivity contribution in [1.29, 1.82) is 0 Å². The van der Waals surface area contributed by atoms with Crippen molar-refractivity contribution in [3.05, 3.63) is 107 Å². The number of benzene rings is 2. The van der Waals surface area contributed by atoms with E-state index in [1.807, 2.05) is 37.6 Å². The molecule has 0 saturated carbocycles. The monoisotopic (exact) mass is 624 g/mol. The molecule has 3 aromatic heterocycles. The summed E-state index contributed by atoms with van der Waals surface area (Å²) in [5.41, 5.74) is 12.1. The Labute approximate surface area is 280 Å². The minimum Gasteiger partial charge on any atom is -0.507 e. The molecule has 0 amide bonds. The van der Waals surface area contributed by atoms with Crippen LogP contribution in [0.5, 0.6) is 0 Å². The number of aliphatic hydroxyl groups excluding tert-OH is 1. The third-order valence-corrected chi connectivity index (χ3v) is 9.40. The molecular weight excluding hydrogens is 576 g/mol. The van der Waals surface area contributed by atoms with E-state index in [4.69, 9.17) is 15.0 Å². The zero-order valence-electron chi connectivity index (χ0n) is 29.7. The summed E-state index contributed by atoms with van der Waals surface area (Å²) in [6.45, 7) is 20.1. The van der Waals surface area contributed by atoms with Crippen LogP contribution in [0.15, 0.2) is 90.5 Å². The van der Waals surface area contributed by atoms with Gasteiger partial charge in [0.2, 0.25) is 0 Å². The van der Waals surface area contributed by atoms with Crippen LogP contribution in [0.4, 0.5) is 0 Å². The van der Waals surface area contributed by atoms with Crippen LogP contribution in [0, 0.1) is 5.41 Å². The normalized spacial score (nSPS) is 14.6. The molecule has 1 N–H and O–H groups in total. The average Bonchev–Trinajstić information content (AvgIpc) is 3.35. The first-order valence-corrected chi connectivity index (χ1v) is 16.7. The molecule has 1 aliphatic carbocycles. The molecule has 0 atom stereocenters. The van der Waals surface area contributed by atoms with Crippen LogP contribution in [0.1, 0.15) is 92.1 Å². The highest BCUT2D eigenvalue weighted by atomic mass is 16.3. The minimum absolute atomic E-state index is 0.00436.